The summed E-state index contributed by atoms with van der Waals surface area (Å²) in [6.45, 7) is 0. The van der Waals surface area contributed by atoms with Crippen LogP contribution in [0.2, 0.25) is 0 Å². The summed E-state index contributed by atoms with van der Waals surface area (Å²) in [6, 6.07) is 0.757. The molecule has 0 amide bonds. The lowest BCUT2D eigenvalue weighted by atomic mass is 10.1. The number of hydrogen-bond donors (Lipinski definition) is 1. The maximum absolute atomic E-state index is 12.2. The van der Waals surface area contributed by atoms with Gasteiger partial charge in [0.05, 0.1) is 11.1 Å². The van der Waals surface area contributed by atoms with Crippen LogP contribution in [0, 0.1) is 0 Å². The number of nitrogens with two attached hydrogens (primary N) is 1. The van der Waals surface area contributed by atoms with E-state index in [-0.39, 0.29) is 6.07 Å². The molecule has 0 atom stereocenters. The molecular weight excluding hydrogens is 240 g/mol. The summed E-state index contributed by atoms with van der Waals surface area (Å²) in [5.41, 5.74) is -2.94. The van der Waals surface area contributed by atoms with Gasteiger partial charge in [-0.25, -0.2) is 0 Å². The molecule has 0 radical (unpaired) electrons. The third kappa shape index (κ3) is 2.78. The molecule has 0 saturated carbocycles. The number of hydrogen-bond acceptors (Lipinski definition) is 2. The van der Waals surface area contributed by atoms with Gasteiger partial charge in [0, 0.05) is 0 Å². The molecule has 1 aromatic carbocycles. The van der Waals surface area contributed by atoms with Crippen LogP contribution >= 0.6 is 0 Å². The fraction of sp³-hybridized carbons (Fsp3) is 0.250. The molecule has 0 heterocycles. The van der Waals surface area contributed by atoms with E-state index in [0.717, 1.165) is 0 Å². The molecule has 8 heteroatoms. The van der Waals surface area contributed by atoms with Crippen molar-refractivity contribution in [3.8, 4) is 5.75 Å². The molecule has 90 valence electrons. The smallest absolute Gasteiger partial charge is 0.411 e. The van der Waals surface area contributed by atoms with Crippen molar-refractivity contribution in [1.29, 1.82) is 0 Å². The minimum atomic E-state index is -4.89. The Balaban J connectivity index is 3.33. The van der Waals surface area contributed by atoms with E-state index in [4.69, 9.17) is 0 Å². The van der Waals surface area contributed by atoms with Gasteiger partial charge in [-0.3, -0.25) is 0 Å². The molecule has 0 unspecified atom stereocenters. The van der Waals surface area contributed by atoms with E-state index in [9.17, 15) is 26.3 Å². The first-order chi connectivity index (χ1) is 7.14. The zero-order valence-corrected chi connectivity index (χ0v) is 7.49. The van der Waals surface area contributed by atoms with Gasteiger partial charge in [0.25, 0.3) is 0 Å². The Labute approximate surface area is 85.6 Å². The van der Waals surface area contributed by atoms with Gasteiger partial charge < -0.3 is 4.84 Å². The second-order valence-corrected chi connectivity index (χ2v) is 2.86. The van der Waals surface area contributed by atoms with Gasteiger partial charge in [-0.2, -0.15) is 32.2 Å². The van der Waals surface area contributed by atoms with Crippen LogP contribution in [0.3, 0.4) is 0 Å². The van der Waals surface area contributed by atoms with Crippen molar-refractivity contribution in [3.63, 3.8) is 0 Å². The van der Waals surface area contributed by atoms with Gasteiger partial charge in [0.1, 0.15) is 5.75 Å². The minimum absolute atomic E-state index is 0.0114. The van der Waals surface area contributed by atoms with Gasteiger partial charge in [-0.15, -0.1) is 0 Å². The van der Waals surface area contributed by atoms with E-state index in [2.05, 4.69) is 10.7 Å². The predicted octanol–water partition coefficient (Wildman–Crippen LogP) is 2.98. The molecular formula is C8H5F6NO. The lowest BCUT2D eigenvalue weighted by Crippen LogP contribution is -2.12. The number of halogens is 6. The summed E-state index contributed by atoms with van der Waals surface area (Å²) >= 11 is 0. The normalized spacial score (nSPS) is 12.7. The third-order valence-corrected chi connectivity index (χ3v) is 1.70. The maximum Gasteiger partial charge on any atom is 0.416 e. The van der Waals surface area contributed by atoms with Crippen LogP contribution < -0.4 is 10.7 Å². The molecule has 0 spiro atoms. The van der Waals surface area contributed by atoms with Crippen LogP contribution in [0.15, 0.2) is 18.2 Å². The number of rotatable bonds is 1. The average molecular weight is 245 g/mol. The molecule has 16 heavy (non-hydrogen) atoms. The highest BCUT2D eigenvalue weighted by Gasteiger charge is 2.37. The minimum Gasteiger partial charge on any atom is -0.411 e. The molecule has 0 bridgehead atoms. The summed E-state index contributed by atoms with van der Waals surface area (Å²) < 4.78 is 73.3. The van der Waals surface area contributed by atoms with E-state index in [1.807, 2.05) is 0 Å². The first-order valence-electron chi connectivity index (χ1n) is 3.81. The average Bonchev–Trinajstić information content (AvgIpc) is 2.14. The monoisotopic (exact) mass is 245 g/mol. The van der Waals surface area contributed by atoms with Crippen LogP contribution in [0.5, 0.6) is 5.75 Å². The van der Waals surface area contributed by atoms with Gasteiger partial charge in [-0.1, -0.05) is 0 Å². The first kappa shape index (κ1) is 12.6. The van der Waals surface area contributed by atoms with Crippen LogP contribution in [0.4, 0.5) is 26.3 Å². The SMILES string of the molecule is NOc1cc(C(F)(F)F)cc(C(F)(F)F)c1. The fourth-order valence-corrected chi connectivity index (χ4v) is 0.994. The summed E-state index contributed by atoms with van der Waals surface area (Å²) in [5.74, 6) is 3.83. The van der Waals surface area contributed by atoms with Crippen molar-refractivity contribution < 1.29 is 31.2 Å². The Morgan fingerprint density at radius 3 is 1.44 bits per heavy atom. The highest BCUT2D eigenvalue weighted by Crippen LogP contribution is 2.37. The zero-order chi connectivity index (χ0) is 12.6. The highest BCUT2D eigenvalue weighted by molar-refractivity contribution is 5.37. The maximum atomic E-state index is 12.2. The molecule has 0 saturated heterocycles. The molecule has 0 aliphatic rings. The second kappa shape index (κ2) is 3.85. The van der Waals surface area contributed by atoms with E-state index in [1.165, 1.54) is 0 Å². The van der Waals surface area contributed by atoms with Crippen LogP contribution in [0.25, 0.3) is 0 Å². The Morgan fingerprint density at radius 2 is 1.19 bits per heavy atom. The lowest BCUT2D eigenvalue weighted by Gasteiger charge is -2.12. The Hall–Kier alpha value is -1.44. The fourth-order valence-electron chi connectivity index (χ4n) is 0.994. The van der Waals surface area contributed by atoms with Crippen molar-refractivity contribution in [1.82, 2.24) is 0 Å². The lowest BCUT2D eigenvalue weighted by molar-refractivity contribution is -0.143. The predicted molar refractivity (Wildman–Crippen MR) is 41.3 cm³/mol. The number of alkyl halides is 6. The summed E-state index contributed by atoms with van der Waals surface area (Å²) in [7, 11) is 0. The molecule has 0 aliphatic heterocycles. The van der Waals surface area contributed by atoms with Gasteiger partial charge >= 0.3 is 12.4 Å². The van der Waals surface area contributed by atoms with E-state index in [1.54, 1.807) is 0 Å². The topological polar surface area (TPSA) is 35.2 Å². The Kier molecular flexibility index (Phi) is 3.04. The summed E-state index contributed by atoms with van der Waals surface area (Å²) in [5, 5.41) is 0. The van der Waals surface area contributed by atoms with Crippen LogP contribution in [-0.4, -0.2) is 0 Å². The van der Waals surface area contributed by atoms with Crippen molar-refractivity contribution in [2.24, 2.45) is 5.90 Å². The van der Waals surface area contributed by atoms with Crippen molar-refractivity contribution >= 4 is 0 Å². The second-order valence-electron chi connectivity index (χ2n) is 2.86. The summed E-state index contributed by atoms with van der Waals surface area (Å²) in [4.78, 5) is 3.89. The first-order valence-corrected chi connectivity index (χ1v) is 3.81. The standard InChI is InChI=1S/C8H5F6NO/c9-7(10,11)4-1-5(8(12,13)14)3-6(2-4)16-15/h1-3H,15H2. The van der Waals surface area contributed by atoms with Crippen LogP contribution in [-0.2, 0) is 12.4 Å². The van der Waals surface area contributed by atoms with Crippen molar-refractivity contribution in [2.75, 3.05) is 0 Å². The largest absolute Gasteiger partial charge is 0.416 e. The van der Waals surface area contributed by atoms with E-state index in [0.29, 0.717) is 12.1 Å². The van der Waals surface area contributed by atoms with Gasteiger partial charge in [0.15, 0.2) is 0 Å². The third-order valence-electron chi connectivity index (χ3n) is 1.70. The van der Waals surface area contributed by atoms with Gasteiger partial charge in [0.2, 0.25) is 0 Å². The molecule has 1 rings (SSSR count). The Morgan fingerprint density at radius 1 is 0.812 bits per heavy atom. The quantitative estimate of drug-likeness (QED) is 0.609. The van der Waals surface area contributed by atoms with Gasteiger partial charge in [-0.05, 0) is 18.2 Å². The van der Waals surface area contributed by atoms with E-state index >= 15 is 0 Å². The van der Waals surface area contributed by atoms with Crippen LogP contribution in [0.1, 0.15) is 11.1 Å². The number of benzene rings is 1. The molecule has 0 fully saturated rings. The molecule has 2 nitrogen and oxygen atoms in total. The summed E-state index contributed by atoms with van der Waals surface area (Å²) in [6.07, 6.45) is -9.79. The Bertz CT molecular complexity index is 351. The molecule has 0 aromatic heterocycles. The molecule has 2 N–H and O–H groups in total. The molecule has 1 aromatic rings. The van der Waals surface area contributed by atoms with Crippen molar-refractivity contribution in [2.45, 2.75) is 12.4 Å². The highest BCUT2D eigenvalue weighted by atomic mass is 19.4. The van der Waals surface area contributed by atoms with Crippen molar-refractivity contribution in [3.05, 3.63) is 29.3 Å². The van der Waals surface area contributed by atoms with E-state index < -0.39 is 29.2 Å². The zero-order valence-electron chi connectivity index (χ0n) is 7.49. The molecule has 0 aliphatic carbocycles.